The lowest BCUT2D eigenvalue weighted by molar-refractivity contribution is 0.0927. The fourth-order valence-corrected chi connectivity index (χ4v) is 2.37. The molecule has 1 unspecified atom stereocenters. The number of hydrogen-bond donors (Lipinski definition) is 1. The molecule has 0 saturated heterocycles. The van der Waals surface area contributed by atoms with Gasteiger partial charge in [-0.1, -0.05) is 19.8 Å². The van der Waals surface area contributed by atoms with E-state index in [1.54, 1.807) is 0 Å². The van der Waals surface area contributed by atoms with E-state index in [2.05, 4.69) is 48.9 Å². The fraction of sp³-hybridized carbons (Fsp3) is 0.643. The summed E-state index contributed by atoms with van der Waals surface area (Å²) in [6, 6.07) is 2.39. The van der Waals surface area contributed by atoms with Crippen molar-refractivity contribution in [2.45, 2.75) is 59.0 Å². The molecule has 1 rings (SSSR count). The third-order valence-electron chi connectivity index (χ3n) is 2.97. The summed E-state index contributed by atoms with van der Waals surface area (Å²) in [4.78, 5) is 12.2. The molecule has 1 amide bonds. The van der Waals surface area contributed by atoms with Crippen LogP contribution in [-0.4, -0.2) is 16.5 Å². The molecule has 0 fully saturated rings. The second-order valence-electron chi connectivity index (χ2n) is 5.06. The van der Waals surface area contributed by atoms with Crippen LogP contribution in [0.5, 0.6) is 0 Å². The van der Waals surface area contributed by atoms with Crippen LogP contribution in [0.2, 0.25) is 0 Å². The number of amides is 1. The molecule has 1 atom stereocenters. The van der Waals surface area contributed by atoms with E-state index in [4.69, 9.17) is 0 Å². The first kappa shape index (κ1) is 15.3. The molecule has 0 aliphatic carbocycles. The monoisotopic (exact) mass is 314 g/mol. The Hall–Kier alpha value is -0.770. The molecule has 4 heteroatoms. The second kappa shape index (κ2) is 6.98. The minimum atomic E-state index is 0.0120. The van der Waals surface area contributed by atoms with Crippen LogP contribution in [0.25, 0.3) is 0 Å². The highest BCUT2D eigenvalue weighted by molar-refractivity contribution is 9.10. The fourth-order valence-electron chi connectivity index (χ4n) is 1.94. The summed E-state index contributed by atoms with van der Waals surface area (Å²) in [5.74, 6) is 0.0120. The van der Waals surface area contributed by atoms with E-state index >= 15 is 0 Å². The highest BCUT2D eigenvalue weighted by atomic mass is 79.9. The summed E-state index contributed by atoms with van der Waals surface area (Å²) in [5.41, 5.74) is 0.722. The largest absolute Gasteiger partial charge is 0.348 e. The van der Waals surface area contributed by atoms with Crippen molar-refractivity contribution in [3.8, 4) is 0 Å². The zero-order valence-electron chi connectivity index (χ0n) is 11.7. The molecule has 0 saturated carbocycles. The normalized spacial score (nSPS) is 12.8. The van der Waals surface area contributed by atoms with Crippen LogP contribution in [-0.2, 0) is 0 Å². The van der Waals surface area contributed by atoms with Crippen molar-refractivity contribution in [1.29, 1.82) is 0 Å². The van der Waals surface area contributed by atoms with Crippen molar-refractivity contribution in [1.82, 2.24) is 9.88 Å². The Morgan fingerprint density at radius 1 is 1.44 bits per heavy atom. The van der Waals surface area contributed by atoms with E-state index in [0.29, 0.717) is 0 Å². The number of nitrogens with zero attached hydrogens (tertiary/aromatic N) is 1. The first-order valence-electron chi connectivity index (χ1n) is 6.64. The van der Waals surface area contributed by atoms with Crippen LogP contribution in [0.4, 0.5) is 0 Å². The predicted octanol–water partition coefficient (Wildman–Crippen LogP) is 4.14. The van der Waals surface area contributed by atoms with Crippen LogP contribution in [0.3, 0.4) is 0 Å². The predicted molar refractivity (Wildman–Crippen MR) is 79.0 cm³/mol. The maximum atomic E-state index is 12.2. The van der Waals surface area contributed by atoms with Crippen LogP contribution in [0, 0.1) is 0 Å². The smallest absolute Gasteiger partial charge is 0.268 e. The molecule has 0 aliphatic heterocycles. The van der Waals surface area contributed by atoms with Crippen molar-refractivity contribution in [3.05, 3.63) is 22.4 Å². The Labute approximate surface area is 118 Å². The lowest BCUT2D eigenvalue weighted by Gasteiger charge is -2.16. The molecule has 3 nitrogen and oxygen atoms in total. The van der Waals surface area contributed by atoms with Gasteiger partial charge in [0.05, 0.1) is 0 Å². The molecule has 0 aromatic carbocycles. The summed E-state index contributed by atoms with van der Waals surface area (Å²) in [6.45, 7) is 8.37. The van der Waals surface area contributed by atoms with E-state index in [-0.39, 0.29) is 18.0 Å². The average Bonchev–Trinajstić information content (AvgIpc) is 2.69. The molecule has 0 aliphatic rings. The Morgan fingerprint density at radius 2 is 2.11 bits per heavy atom. The van der Waals surface area contributed by atoms with Gasteiger partial charge in [-0.05, 0) is 49.2 Å². The van der Waals surface area contributed by atoms with Crippen LogP contribution in [0.15, 0.2) is 16.7 Å². The molecule has 0 bridgehead atoms. The van der Waals surface area contributed by atoms with Gasteiger partial charge in [0.15, 0.2) is 0 Å². The average molecular weight is 315 g/mol. The Kier molecular flexibility index (Phi) is 5.93. The maximum absolute atomic E-state index is 12.2. The lowest BCUT2D eigenvalue weighted by Crippen LogP contribution is -2.34. The van der Waals surface area contributed by atoms with Crippen molar-refractivity contribution in [2.24, 2.45) is 0 Å². The highest BCUT2D eigenvalue weighted by Gasteiger charge is 2.16. The van der Waals surface area contributed by atoms with Gasteiger partial charge in [0, 0.05) is 22.8 Å². The number of carbonyl (C=O) groups excluding carboxylic acids is 1. The number of carbonyl (C=O) groups is 1. The Bertz CT molecular complexity index is 398. The SMILES string of the molecule is CCCCC(C)NC(=O)c1cc(Br)cn1C(C)C. The van der Waals surface area contributed by atoms with Crippen LogP contribution in [0.1, 0.15) is 63.5 Å². The van der Waals surface area contributed by atoms with Gasteiger partial charge < -0.3 is 9.88 Å². The van der Waals surface area contributed by atoms with E-state index in [0.717, 1.165) is 29.4 Å². The summed E-state index contributed by atoms with van der Waals surface area (Å²) >= 11 is 3.43. The van der Waals surface area contributed by atoms with E-state index in [1.807, 2.05) is 16.8 Å². The van der Waals surface area contributed by atoms with Gasteiger partial charge in [0.1, 0.15) is 5.69 Å². The Balaban J connectivity index is 2.72. The molecule has 0 radical (unpaired) electrons. The molecule has 1 N–H and O–H groups in total. The minimum absolute atomic E-state index is 0.0120. The molecule has 18 heavy (non-hydrogen) atoms. The third kappa shape index (κ3) is 4.16. The van der Waals surface area contributed by atoms with Crippen molar-refractivity contribution < 1.29 is 4.79 Å². The summed E-state index contributed by atoms with van der Waals surface area (Å²) in [5, 5.41) is 3.06. The van der Waals surface area contributed by atoms with E-state index < -0.39 is 0 Å². The molecular weight excluding hydrogens is 292 g/mol. The summed E-state index contributed by atoms with van der Waals surface area (Å²) in [6.07, 6.45) is 5.30. The van der Waals surface area contributed by atoms with Crippen molar-refractivity contribution in [3.63, 3.8) is 0 Å². The van der Waals surface area contributed by atoms with Gasteiger partial charge in [-0.15, -0.1) is 0 Å². The number of nitrogens with one attached hydrogen (secondary N) is 1. The number of aromatic nitrogens is 1. The second-order valence-corrected chi connectivity index (χ2v) is 5.98. The highest BCUT2D eigenvalue weighted by Crippen LogP contribution is 2.19. The standard InChI is InChI=1S/C14H23BrN2O/c1-5-6-7-11(4)16-14(18)13-8-12(15)9-17(13)10(2)3/h8-11H,5-7H2,1-4H3,(H,16,18). The van der Waals surface area contributed by atoms with E-state index in [1.165, 1.54) is 0 Å². The quantitative estimate of drug-likeness (QED) is 0.841. The summed E-state index contributed by atoms with van der Waals surface area (Å²) in [7, 11) is 0. The maximum Gasteiger partial charge on any atom is 0.268 e. The van der Waals surface area contributed by atoms with Gasteiger partial charge in [0.25, 0.3) is 5.91 Å². The molecule has 1 aromatic heterocycles. The molecule has 1 aromatic rings. The molecule has 1 heterocycles. The molecule has 0 spiro atoms. The van der Waals surface area contributed by atoms with Gasteiger partial charge in [-0.25, -0.2) is 0 Å². The first-order valence-corrected chi connectivity index (χ1v) is 7.43. The number of unbranched alkanes of at least 4 members (excludes halogenated alkanes) is 1. The van der Waals surface area contributed by atoms with Gasteiger partial charge >= 0.3 is 0 Å². The number of halogens is 1. The minimum Gasteiger partial charge on any atom is -0.348 e. The molecule has 102 valence electrons. The Morgan fingerprint density at radius 3 is 2.67 bits per heavy atom. The number of rotatable bonds is 6. The van der Waals surface area contributed by atoms with Crippen LogP contribution >= 0.6 is 15.9 Å². The topological polar surface area (TPSA) is 34.0 Å². The van der Waals surface area contributed by atoms with Gasteiger partial charge in [-0.2, -0.15) is 0 Å². The van der Waals surface area contributed by atoms with Crippen LogP contribution < -0.4 is 5.32 Å². The molecular formula is C14H23BrN2O. The lowest BCUT2D eigenvalue weighted by atomic mass is 10.1. The zero-order chi connectivity index (χ0) is 13.7. The zero-order valence-corrected chi connectivity index (χ0v) is 13.3. The van der Waals surface area contributed by atoms with Crippen molar-refractivity contribution >= 4 is 21.8 Å². The van der Waals surface area contributed by atoms with E-state index in [9.17, 15) is 4.79 Å². The third-order valence-corrected chi connectivity index (χ3v) is 3.41. The summed E-state index contributed by atoms with van der Waals surface area (Å²) < 4.78 is 2.94. The number of hydrogen-bond acceptors (Lipinski definition) is 1. The van der Waals surface area contributed by atoms with Crippen molar-refractivity contribution in [2.75, 3.05) is 0 Å². The van der Waals surface area contributed by atoms with Gasteiger partial charge in [-0.3, -0.25) is 4.79 Å². The van der Waals surface area contributed by atoms with Gasteiger partial charge in [0.2, 0.25) is 0 Å². The first-order chi connectivity index (χ1) is 8.45.